The summed E-state index contributed by atoms with van der Waals surface area (Å²) in [5.41, 5.74) is 1.64. The molecule has 0 unspecified atom stereocenters. The van der Waals surface area contributed by atoms with Gasteiger partial charge in [0.15, 0.2) is 5.82 Å². The van der Waals surface area contributed by atoms with Gasteiger partial charge in [0, 0.05) is 23.7 Å². The number of pyridine rings is 1. The van der Waals surface area contributed by atoms with Crippen LogP contribution in [-0.2, 0) is 6.61 Å². The second-order valence-corrected chi connectivity index (χ2v) is 3.31. The van der Waals surface area contributed by atoms with Crippen molar-refractivity contribution < 1.29 is 10.2 Å². The van der Waals surface area contributed by atoms with Crippen molar-refractivity contribution in [3.63, 3.8) is 0 Å². The molecule has 2 heterocycles. The molecule has 0 atom stereocenters. The van der Waals surface area contributed by atoms with Crippen molar-refractivity contribution in [1.82, 2.24) is 15.0 Å². The van der Waals surface area contributed by atoms with E-state index in [1.54, 1.807) is 25.4 Å². The van der Waals surface area contributed by atoms with Gasteiger partial charge in [-0.15, -0.1) is 0 Å². The van der Waals surface area contributed by atoms with Crippen molar-refractivity contribution >= 4 is 0 Å². The third-order valence-corrected chi connectivity index (χ3v) is 2.32. The molecule has 5 nitrogen and oxygen atoms in total. The highest BCUT2D eigenvalue weighted by molar-refractivity contribution is 5.67. The van der Waals surface area contributed by atoms with Gasteiger partial charge in [-0.3, -0.25) is 4.98 Å². The Kier molecular flexibility index (Phi) is 2.78. The third kappa shape index (κ3) is 1.72. The van der Waals surface area contributed by atoms with Crippen LogP contribution in [0, 0.1) is 6.92 Å². The van der Waals surface area contributed by atoms with E-state index < -0.39 is 0 Å². The fourth-order valence-electron chi connectivity index (χ4n) is 1.51. The van der Waals surface area contributed by atoms with E-state index in [9.17, 15) is 10.2 Å². The van der Waals surface area contributed by atoms with Crippen LogP contribution in [0.1, 0.15) is 11.3 Å². The van der Waals surface area contributed by atoms with E-state index in [0.29, 0.717) is 22.6 Å². The first-order valence-electron chi connectivity index (χ1n) is 4.79. The lowest BCUT2D eigenvalue weighted by Crippen LogP contribution is -1.99. The van der Waals surface area contributed by atoms with E-state index in [-0.39, 0.29) is 12.4 Å². The molecule has 2 aromatic heterocycles. The number of aliphatic hydroxyl groups excluding tert-OH is 1. The summed E-state index contributed by atoms with van der Waals surface area (Å²) in [5.74, 6) is 0.357. The maximum Gasteiger partial charge on any atom is 0.163 e. The SMILES string of the molecule is Cc1ncc(O)c(-c2ncccn2)c1CO. The monoisotopic (exact) mass is 217 g/mol. The first-order valence-corrected chi connectivity index (χ1v) is 4.79. The molecule has 0 amide bonds. The second kappa shape index (κ2) is 4.24. The van der Waals surface area contributed by atoms with Crippen LogP contribution in [0.5, 0.6) is 5.75 Å². The smallest absolute Gasteiger partial charge is 0.163 e. The Labute approximate surface area is 92.5 Å². The van der Waals surface area contributed by atoms with Gasteiger partial charge in [-0.1, -0.05) is 0 Å². The minimum atomic E-state index is -0.208. The fourth-order valence-corrected chi connectivity index (χ4v) is 1.51. The van der Waals surface area contributed by atoms with Gasteiger partial charge in [-0.2, -0.15) is 0 Å². The van der Waals surface area contributed by atoms with Crippen LogP contribution in [0.15, 0.2) is 24.7 Å². The van der Waals surface area contributed by atoms with Crippen LogP contribution < -0.4 is 0 Å². The van der Waals surface area contributed by atoms with Gasteiger partial charge in [-0.25, -0.2) is 9.97 Å². The summed E-state index contributed by atoms with van der Waals surface area (Å²) in [4.78, 5) is 12.1. The predicted molar refractivity (Wildman–Crippen MR) is 57.6 cm³/mol. The van der Waals surface area contributed by atoms with Gasteiger partial charge in [0.05, 0.1) is 18.4 Å². The number of aromatic hydroxyl groups is 1. The Morgan fingerprint density at radius 3 is 2.50 bits per heavy atom. The molecule has 16 heavy (non-hydrogen) atoms. The zero-order valence-electron chi connectivity index (χ0n) is 8.75. The average molecular weight is 217 g/mol. The molecule has 2 rings (SSSR count). The molecule has 0 radical (unpaired) electrons. The Balaban J connectivity index is 2.68. The lowest BCUT2D eigenvalue weighted by molar-refractivity contribution is 0.280. The Bertz CT molecular complexity index is 500. The molecule has 82 valence electrons. The van der Waals surface area contributed by atoms with Gasteiger partial charge in [0.2, 0.25) is 0 Å². The highest BCUT2D eigenvalue weighted by atomic mass is 16.3. The van der Waals surface area contributed by atoms with Crippen LogP contribution >= 0.6 is 0 Å². The predicted octanol–water partition coefficient (Wildman–Crippen LogP) is 1.04. The van der Waals surface area contributed by atoms with E-state index in [1.165, 1.54) is 6.20 Å². The number of nitrogens with zero attached hydrogens (tertiary/aromatic N) is 3. The summed E-state index contributed by atoms with van der Waals surface area (Å²) in [7, 11) is 0. The van der Waals surface area contributed by atoms with Crippen molar-refractivity contribution in [1.29, 1.82) is 0 Å². The molecule has 0 fully saturated rings. The molecule has 0 aliphatic heterocycles. The van der Waals surface area contributed by atoms with Crippen molar-refractivity contribution in [2.24, 2.45) is 0 Å². The highest BCUT2D eigenvalue weighted by Crippen LogP contribution is 2.30. The summed E-state index contributed by atoms with van der Waals surface area (Å²) >= 11 is 0. The summed E-state index contributed by atoms with van der Waals surface area (Å²) in [6, 6.07) is 1.69. The molecule has 5 heteroatoms. The first kappa shape index (κ1) is 10.5. The molecular formula is C11H11N3O2. The highest BCUT2D eigenvalue weighted by Gasteiger charge is 2.15. The zero-order chi connectivity index (χ0) is 11.5. The van der Waals surface area contributed by atoms with Crippen molar-refractivity contribution in [3.8, 4) is 17.1 Å². The van der Waals surface area contributed by atoms with Gasteiger partial charge in [-0.05, 0) is 13.0 Å². The fraction of sp³-hybridized carbons (Fsp3) is 0.182. The molecule has 0 aliphatic rings. The zero-order valence-corrected chi connectivity index (χ0v) is 8.75. The van der Waals surface area contributed by atoms with Gasteiger partial charge >= 0.3 is 0 Å². The average Bonchev–Trinajstić information content (AvgIpc) is 2.33. The van der Waals surface area contributed by atoms with Gasteiger partial charge in [0.1, 0.15) is 5.75 Å². The lowest BCUT2D eigenvalue weighted by atomic mass is 10.1. The number of aryl methyl sites for hydroxylation is 1. The topological polar surface area (TPSA) is 79.1 Å². The summed E-state index contributed by atoms with van der Waals surface area (Å²) < 4.78 is 0. The Morgan fingerprint density at radius 2 is 1.88 bits per heavy atom. The lowest BCUT2D eigenvalue weighted by Gasteiger charge is -2.09. The number of hydrogen-bond acceptors (Lipinski definition) is 5. The molecule has 0 bridgehead atoms. The minimum Gasteiger partial charge on any atom is -0.506 e. The quantitative estimate of drug-likeness (QED) is 0.785. The van der Waals surface area contributed by atoms with Crippen LogP contribution in [0.4, 0.5) is 0 Å². The molecule has 0 aliphatic carbocycles. The number of aliphatic hydroxyl groups is 1. The molecule has 2 N–H and O–H groups in total. The number of hydrogen-bond donors (Lipinski definition) is 2. The van der Waals surface area contributed by atoms with E-state index in [4.69, 9.17) is 0 Å². The van der Waals surface area contributed by atoms with Crippen molar-refractivity contribution in [2.45, 2.75) is 13.5 Å². The molecule has 0 spiro atoms. The van der Waals surface area contributed by atoms with Gasteiger partial charge < -0.3 is 10.2 Å². The van der Waals surface area contributed by atoms with E-state index in [1.807, 2.05) is 0 Å². The van der Waals surface area contributed by atoms with E-state index in [0.717, 1.165) is 0 Å². The second-order valence-electron chi connectivity index (χ2n) is 3.31. The molecule has 0 saturated heterocycles. The van der Waals surface area contributed by atoms with Crippen LogP contribution in [0.3, 0.4) is 0 Å². The third-order valence-electron chi connectivity index (χ3n) is 2.32. The number of aromatic nitrogens is 3. The van der Waals surface area contributed by atoms with E-state index >= 15 is 0 Å². The van der Waals surface area contributed by atoms with E-state index in [2.05, 4.69) is 15.0 Å². The largest absolute Gasteiger partial charge is 0.506 e. The standard InChI is InChI=1S/C11H11N3O2/c1-7-8(6-15)10(9(16)5-14-7)11-12-3-2-4-13-11/h2-5,15-16H,6H2,1H3. The molecule has 0 aromatic carbocycles. The molecule has 0 saturated carbocycles. The Hall–Kier alpha value is -2.01. The van der Waals surface area contributed by atoms with Crippen molar-refractivity contribution in [3.05, 3.63) is 35.9 Å². The normalized spacial score (nSPS) is 10.4. The number of rotatable bonds is 2. The van der Waals surface area contributed by atoms with Crippen LogP contribution in [0.25, 0.3) is 11.4 Å². The van der Waals surface area contributed by atoms with Crippen LogP contribution in [-0.4, -0.2) is 25.2 Å². The molecular weight excluding hydrogens is 206 g/mol. The van der Waals surface area contributed by atoms with Crippen molar-refractivity contribution in [2.75, 3.05) is 0 Å². The summed E-state index contributed by atoms with van der Waals surface area (Å²) in [5, 5.41) is 19.0. The van der Waals surface area contributed by atoms with Gasteiger partial charge in [0.25, 0.3) is 0 Å². The summed E-state index contributed by atoms with van der Waals surface area (Å²) in [6.45, 7) is 1.55. The maximum atomic E-state index is 9.75. The first-order chi connectivity index (χ1) is 7.74. The molecule has 2 aromatic rings. The minimum absolute atomic E-state index is 0.0270. The summed E-state index contributed by atoms with van der Waals surface area (Å²) in [6.07, 6.45) is 4.50. The van der Waals surface area contributed by atoms with Crippen LogP contribution in [0.2, 0.25) is 0 Å². The Morgan fingerprint density at radius 1 is 1.19 bits per heavy atom. The maximum absolute atomic E-state index is 9.75.